The van der Waals surface area contributed by atoms with Gasteiger partial charge in [0.2, 0.25) is 0 Å². The van der Waals surface area contributed by atoms with E-state index in [4.69, 9.17) is 23.2 Å². The second-order valence-corrected chi connectivity index (χ2v) is 7.22. The van der Waals surface area contributed by atoms with Gasteiger partial charge in [0.05, 0.1) is 6.04 Å². The van der Waals surface area contributed by atoms with Gasteiger partial charge in [-0.3, -0.25) is 0 Å². The van der Waals surface area contributed by atoms with E-state index in [1.165, 1.54) is 4.88 Å². The van der Waals surface area contributed by atoms with Crippen LogP contribution < -0.4 is 5.32 Å². The van der Waals surface area contributed by atoms with E-state index in [1.54, 1.807) is 11.3 Å². The van der Waals surface area contributed by atoms with Gasteiger partial charge in [-0.05, 0) is 52.7 Å². The van der Waals surface area contributed by atoms with Crippen LogP contribution in [0.4, 0.5) is 0 Å². The minimum Gasteiger partial charge on any atom is -0.306 e. The van der Waals surface area contributed by atoms with Crippen molar-refractivity contribution < 1.29 is 0 Å². The zero-order chi connectivity index (χ0) is 14.0. The molecule has 0 aliphatic carbocycles. The van der Waals surface area contributed by atoms with Crippen LogP contribution >= 0.6 is 50.5 Å². The number of halogens is 3. The summed E-state index contributed by atoms with van der Waals surface area (Å²) >= 11 is 17.4. The standard InChI is InChI=1S/C14H14BrCl2NS/c1-3-18-13(12-7-10(15)14(17)19-12)9-5-4-8(2)11(16)6-9/h4-7,13,18H,3H2,1-2H3. The molecule has 0 bridgehead atoms. The Morgan fingerprint density at radius 1 is 1.32 bits per heavy atom. The second-order valence-electron chi connectivity index (χ2n) is 4.27. The zero-order valence-corrected chi connectivity index (χ0v) is 14.6. The third-order valence-corrected chi connectivity index (χ3v) is 5.83. The van der Waals surface area contributed by atoms with E-state index < -0.39 is 0 Å². The lowest BCUT2D eigenvalue weighted by molar-refractivity contribution is 0.639. The fraction of sp³-hybridized carbons (Fsp3) is 0.286. The van der Waals surface area contributed by atoms with Crippen molar-refractivity contribution in [2.24, 2.45) is 0 Å². The van der Waals surface area contributed by atoms with Gasteiger partial charge in [-0.2, -0.15) is 0 Å². The summed E-state index contributed by atoms with van der Waals surface area (Å²) in [4.78, 5) is 1.18. The monoisotopic (exact) mass is 377 g/mol. The molecule has 1 atom stereocenters. The number of rotatable bonds is 4. The normalized spacial score (nSPS) is 12.7. The summed E-state index contributed by atoms with van der Waals surface area (Å²) in [6.07, 6.45) is 0. The minimum absolute atomic E-state index is 0.122. The first kappa shape index (κ1) is 15.3. The van der Waals surface area contributed by atoms with Gasteiger partial charge in [0.15, 0.2) is 0 Å². The van der Waals surface area contributed by atoms with Gasteiger partial charge >= 0.3 is 0 Å². The predicted octanol–water partition coefficient (Wildman–Crippen LogP) is 5.82. The van der Waals surface area contributed by atoms with E-state index in [-0.39, 0.29) is 6.04 Å². The van der Waals surface area contributed by atoms with Crippen molar-refractivity contribution in [1.82, 2.24) is 5.32 Å². The van der Waals surface area contributed by atoms with Crippen LogP contribution in [0.25, 0.3) is 0 Å². The minimum atomic E-state index is 0.122. The molecule has 0 amide bonds. The molecule has 0 saturated heterocycles. The fourth-order valence-corrected chi connectivity index (χ4v) is 3.91. The molecule has 102 valence electrons. The van der Waals surface area contributed by atoms with E-state index >= 15 is 0 Å². The van der Waals surface area contributed by atoms with Gasteiger partial charge in [-0.25, -0.2) is 0 Å². The lowest BCUT2D eigenvalue weighted by Crippen LogP contribution is -2.21. The average molecular weight is 379 g/mol. The average Bonchev–Trinajstić information content (AvgIpc) is 2.70. The summed E-state index contributed by atoms with van der Waals surface area (Å²) in [5.41, 5.74) is 2.24. The highest BCUT2D eigenvalue weighted by molar-refractivity contribution is 9.10. The number of nitrogens with one attached hydrogen (secondary N) is 1. The lowest BCUT2D eigenvalue weighted by Gasteiger charge is -2.17. The first-order valence-corrected chi connectivity index (χ1v) is 8.33. The molecular formula is C14H14BrCl2NS. The van der Waals surface area contributed by atoms with Crippen molar-refractivity contribution >= 4 is 50.5 Å². The molecule has 1 heterocycles. The van der Waals surface area contributed by atoms with Crippen molar-refractivity contribution in [1.29, 1.82) is 0 Å². The quantitative estimate of drug-likeness (QED) is 0.706. The Hall–Kier alpha value is -0.0600. The summed E-state index contributed by atoms with van der Waals surface area (Å²) in [5.74, 6) is 0. The molecule has 2 rings (SSSR count). The largest absolute Gasteiger partial charge is 0.306 e. The van der Waals surface area contributed by atoms with Gasteiger partial charge in [0.25, 0.3) is 0 Å². The zero-order valence-electron chi connectivity index (χ0n) is 10.6. The summed E-state index contributed by atoms with van der Waals surface area (Å²) < 4.78 is 1.71. The van der Waals surface area contributed by atoms with Gasteiger partial charge in [0, 0.05) is 14.4 Å². The number of benzene rings is 1. The van der Waals surface area contributed by atoms with Crippen molar-refractivity contribution in [2.75, 3.05) is 6.54 Å². The Morgan fingerprint density at radius 3 is 2.58 bits per heavy atom. The van der Waals surface area contributed by atoms with Crippen LogP contribution in [0, 0.1) is 6.92 Å². The van der Waals surface area contributed by atoms with E-state index in [2.05, 4.69) is 40.3 Å². The van der Waals surface area contributed by atoms with E-state index in [9.17, 15) is 0 Å². The maximum absolute atomic E-state index is 6.22. The Balaban J connectivity index is 2.41. The first-order chi connectivity index (χ1) is 9.02. The predicted molar refractivity (Wildman–Crippen MR) is 88.7 cm³/mol. The molecule has 1 aromatic heterocycles. The molecule has 2 aromatic rings. The Kier molecular flexibility index (Phi) is 5.32. The van der Waals surface area contributed by atoms with Gasteiger partial charge in [-0.15, -0.1) is 11.3 Å². The number of hydrogen-bond acceptors (Lipinski definition) is 2. The first-order valence-electron chi connectivity index (χ1n) is 5.97. The van der Waals surface area contributed by atoms with Gasteiger partial charge in [0.1, 0.15) is 4.34 Å². The summed E-state index contributed by atoms with van der Waals surface area (Å²) in [7, 11) is 0. The van der Waals surface area contributed by atoms with Crippen LogP contribution in [-0.4, -0.2) is 6.54 Å². The lowest BCUT2D eigenvalue weighted by atomic mass is 10.0. The Labute approximate surface area is 136 Å². The Morgan fingerprint density at radius 2 is 2.05 bits per heavy atom. The molecule has 0 aliphatic rings. The van der Waals surface area contributed by atoms with E-state index in [0.29, 0.717) is 0 Å². The Bertz CT molecular complexity index is 563. The highest BCUT2D eigenvalue weighted by atomic mass is 79.9. The van der Waals surface area contributed by atoms with Crippen LogP contribution in [0.15, 0.2) is 28.7 Å². The number of thiophene rings is 1. The molecule has 0 saturated carbocycles. The third kappa shape index (κ3) is 3.53. The molecular weight excluding hydrogens is 365 g/mol. The fourth-order valence-electron chi connectivity index (χ4n) is 1.88. The molecule has 1 nitrogen and oxygen atoms in total. The highest BCUT2D eigenvalue weighted by Gasteiger charge is 2.17. The molecule has 0 fully saturated rings. The van der Waals surface area contributed by atoms with Crippen LogP contribution in [0.3, 0.4) is 0 Å². The molecule has 0 aliphatic heterocycles. The van der Waals surface area contributed by atoms with E-state index in [1.807, 2.05) is 19.1 Å². The molecule has 1 unspecified atom stereocenters. The maximum Gasteiger partial charge on any atom is 0.107 e. The summed E-state index contributed by atoms with van der Waals surface area (Å²) in [6.45, 7) is 4.98. The van der Waals surface area contributed by atoms with Crippen LogP contribution in [-0.2, 0) is 0 Å². The smallest absolute Gasteiger partial charge is 0.107 e. The summed E-state index contributed by atoms with van der Waals surface area (Å²) in [6, 6.07) is 8.36. The molecule has 1 aromatic carbocycles. The van der Waals surface area contributed by atoms with Crippen molar-refractivity contribution in [3.63, 3.8) is 0 Å². The van der Waals surface area contributed by atoms with Crippen molar-refractivity contribution in [3.8, 4) is 0 Å². The topological polar surface area (TPSA) is 12.0 Å². The second kappa shape index (κ2) is 6.59. The SMILES string of the molecule is CCNC(c1ccc(C)c(Cl)c1)c1cc(Br)c(Cl)s1. The number of aryl methyl sites for hydroxylation is 1. The molecule has 0 spiro atoms. The molecule has 19 heavy (non-hydrogen) atoms. The molecule has 5 heteroatoms. The molecule has 1 N–H and O–H groups in total. The van der Waals surface area contributed by atoms with Crippen LogP contribution in [0.2, 0.25) is 9.36 Å². The highest BCUT2D eigenvalue weighted by Crippen LogP contribution is 2.38. The third-order valence-electron chi connectivity index (χ3n) is 2.89. The van der Waals surface area contributed by atoms with Crippen molar-refractivity contribution in [3.05, 3.63) is 54.1 Å². The van der Waals surface area contributed by atoms with Gasteiger partial charge in [-0.1, -0.05) is 42.3 Å². The van der Waals surface area contributed by atoms with Crippen molar-refractivity contribution in [2.45, 2.75) is 19.9 Å². The van der Waals surface area contributed by atoms with Crippen LogP contribution in [0.1, 0.15) is 29.0 Å². The molecule has 0 radical (unpaired) electrons. The van der Waals surface area contributed by atoms with E-state index in [0.717, 1.165) is 31.5 Å². The summed E-state index contributed by atoms with van der Waals surface area (Å²) in [5, 5.41) is 4.27. The maximum atomic E-state index is 6.22. The van der Waals surface area contributed by atoms with Gasteiger partial charge < -0.3 is 5.32 Å². The number of hydrogen-bond donors (Lipinski definition) is 1. The van der Waals surface area contributed by atoms with Crippen LogP contribution in [0.5, 0.6) is 0 Å².